The summed E-state index contributed by atoms with van der Waals surface area (Å²) in [5.74, 6) is 0.204. The number of carbonyl (C=O) groups is 1. The summed E-state index contributed by atoms with van der Waals surface area (Å²) in [6.45, 7) is 3.94. The number of hydrogen-bond donors (Lipinski definition) is 1. The lowest BCUT2D eigenvalue weighted by molar-refractivity contribution is 0.127. The average Bonchev–Trinajstić information content (AvgIpc) is 2.38. The van der Waals surface area contributed by atoms with E-state index < -0.39 is 0 Å². The quantitative estimate of drug-likeness (QED) is 0.927. The molecule has 1 saturated heterocycles. The van der Waals surface area contributed by atoms with Crippen LogP contribution in [-0.4, -0.2) is 43.8 Å². The fraction of sp³-hybridized carbons (Fsp3) is 0.562. The molecule has 1 amide bonds. The Morgan fingerprint density at radius 2 is 2.29 bits per heavy atom. The van der Waals surface area contributed by atoms with Gasteiger partial charge in [-0.1, -0.05) is 12.1 Å². The second-order valence-electron chi connectivity index (χ2n) is 5.72. The third-order valence-corrected chi connectivity index (χ3v) is 3.73. The highest BCUT2D eigenvalue weighted by Gasteiger charge is 2.26. The molecule has 1 N–H and O–H groups in total. The van der Waals surface area contributed by atoms with Crippen molar-refractivity contribution in [1.82, 2.24) is 10.2 Å². The minimum atomic E-state index is -0.359. The van der Waals surface area contributed by atoms with E-state index in [0.29, 0.717) is 12.5 Å². The second-order valence-corrected chi connectivity index (χ2v) is 5.72. The minimum absolute atomic E-state index is 0.0846. The van der Waals surface area contributed by atoms with Crippen molar-refractivity contribution in [3.05, 3.63) is 35.6 Å². The van der Waals surface area contributed by atoms with Crippen LogP contribution in [0.4, 0.5) is 9.18 Å². The van der Waals surface area contributed by atoms with Crippen molar-refractivity contribution in [3.8, 4) is 0 Å². The van der Waals surface area contributed by atoms with Gasteiger partial charge in [0.25, 0.3) is 0 Å². The first-order valence-electron chi connectivity index (χ1n) is 7.43. The van der Waals surface area contributed by atoms with Gasteiger partial charge in [0, 0.05) is 19.1 Å². The fourth-order valence-corrected chi connectivity index (χ4v) is 3.03. The predicted octanol–water partition coefficient (Wildman–Crippen LogP) is 2.43. The molecule has 2 rings (SSSR count). The molecule has 1 heterocycles. The Morgan fingerprint density at radius 1 is 1.48 bits per heavy atom. The largest absolute Gasteiger partial charge is 0.450 e. The maximum atomic E-state index is 13.2. The smallest absolute Gasteiger partial charge is 0.407 e. The van der Waals surface area contributed by atoms with Crippen molar-refractivity contribution in [2.75, 3.05) is 26.7 Å². The number of rotatable bonds is 4. The van der Waals surface area contributed by atoms with E-state index in [0.717, 1.165) is 31.5 Å². The monoisotopic (exact) mass is 294 g/mol. The van der Waals surface area contributed by atoms with Crippen molar-refractivity contribution in [2.45, 2.75) is 25.8 Å². The number of likely N-dealkylation sites (N-methyl/N-ethyl adjacent to an activating group) is 1. The molecule has 21 heavy (non-hydrogen) atoms. The number of carbonyl (C=O) groups excluding carboxylic acids is 1. The molecular weight excluding hydrogens is 271 g/mol. The molecule has 0 radical (unpaired) electrons. The first-order valence-corrected chi connectivity index (χ1v) is 7.43. The first-order chi connectivity index (χ1) is 10.1. The topological polar surface area (TPSA) is 41.6 Å². The minimum Gasteiger partial charge on any atom is -0.450 e. The molecule has 5 heteroatoms. The van der Waals surface area contributed by atoms with Crippen LogP contribution in [0.3, 0.4) is 0 Å². The van der Waals surface area contributed by atoms with Gasteiger partial charge in [0.2, 0.25) is 0 Å². The highest BCUT2D eigenvalue weighted by Crippen LogP contribution is 2.21. The van der Waals surface area contributed by atoms with Gasteiger partial charge < -0.3 is 15.0 Å². The number of nitrogens with one attached hydrogen (secondary N) is 1. The van der Waals surface area contributed by atoms with Gasteiger partial charge in [-0.3, -0.25) is 0 Å². The van der Waals surface area contributed by atoms with Gasteiger partial charge in [-0.05, 0) is 50.4 Å². The summed E-state index contributed by atoms with van der Waals surface area (Å²) in [5, 5.41) is 2.90. The van der Waals surface area contributed by atoms with Crippen LogP contribution in [0.25, 0.3) is 0 Å². The Bertz CT molecular complexity index is 481. The molecule has 4 nitrogen and oxygen atoms in total. The Balaban J connectivity index is 1.92. The highest BCUT2D eigenvalue weighted by atomic mass is 19.1. The number of alkyl carbamates (subject to hydrolysis) is 1. The predicted molar refractivity (Wildman–Crippen MR) is 79.7 cm³/mol. The number of halogens is 1. The molecule has 0 spiro atoms. The van der Waals surface area contributed by atoms with E-state index in [1.165, 1.54) is 6.07 Å². The second kappa shape index (κ2) is 7.41. The summed E-state index contributed by atoms with van der Waals surface area (Å²) in [7, 11) is 2.04. The van der Waals surface area contributed by atoms with Gasteiger partial charge in [0.1, 0.15) is 5.82 Å². The lowest BCUT2D eigenvalue weighted by Crippen LogP contribution is -2.50. The maximum absolute atomic E-state index is 13.2. The molecule has 2 atom stereocenters. The van der Waals surface area contributed by atoms with Gasteiger partial charge in [-0.15, -0.1) is 0 Å². The zero-order valence-electron chi connectivity index (χ0n) is 12.6. The molecule has 1 aliphatic rings. The SMILES string of the molecule is CCOC(=O)NC1CC(Cc2cccc(F)c2)CN(C)C1. The zero-order chi connectivity index (χ0) is 15.2. The van der Waals surface area contributed by atoms with E-state index >= 15 is 0 Å². The molecule has 116 valence electrons. The van der Waals surface area contributed by atoms with Crippen molar-refractivity contribution < 1.29 is 13.9 Å². The van der Waals surface area contributed by atoms with Crippen LogP contribution in [-0.2, 0) is 11.2 Å². The molecule has 0 saturated carbocycles. The lowest BCUT2D eigenvalue weighted by Gasteiger charge is -2.35. The van der Waals surface area contributed by atoms with Crippen molar-refractivity contribution in [1.29, 1.82) is 0 Å². The van der Waals surface area contributed by atoms with E-state index in [1.54, 1.807) is 19.1 Å². The maximum Gasteiger partial charge on any atom is 0.407 e. The molecule has 0 aliphatic carbocycles. The average molecular weight is 294 g/mol. The number of hydrogen-bond acceptors (Lipinski definition) is 3. The molecule has 1 fully saturated rings. The van der Waals surface area contributed by atoms with Gasteiger partial charge in [0.15, 0.2) is 0 Å². The van der Waals surface area contributed by atoms with Crippen LogP contribution in [0.2, 0.25) is 0 Å². The van der Waals surface area contributed by atoms with Crippen LogP contribution >= 0.6 is 0 Å². The third kappa shape index (κ3) is 5.01. The van der Waals surface area contributed by atoms with Crippen LogP contribution in [0.5, 0.6) is 0 Å². The standard InChI is InChI=1S/C16H23FN2O2/c1-3-21-16(20)18-15-9-13(10-19(2)11-15)7-12-5-4-6-14(17)8-12/h4-6,8,13,15H,3,7,9-11H2,1-2H3,(H,18,20). The molecule has 0 aromatic heterocycles. The van der Waals surface area contributed by atoms with Crippen molar-refractivity contribution in [3.63, 3.8) is 0 Å². The van der Waals surface area contributed by atoms with Crippen molar-refractivity contribution >= 4 is 6.09 Å². The van der Waals surface area contributed by atoms with Crippen LogP contribution < -0.4 is 5.32 Å². The third-order valence-electron chi connectivity index (χ3n) is 3.73. The van der Waals surface area contributed by atoms with Crippen molar-refractivity contribution in [2.24, 2.45) is 5.92 Å². The first kappa shape index (κ1) is 15.8. The van der Waals surface area contributed by atoms with E-state index in [2.05, 4.69) is 10.2 Å². The van der Waals surface area contributed by atoms with Crippen LogP contribution in [0, 0.1) is 11.7 Å². The van der Waals surface area contributed by atoms with Crippen LogP contribution in [0.15, 0.2) is 24.3 Å². The lowest BCUT2D eigenvalue weighted by atomic mass is 9.89. The Morgan fingerprint density at radius 3 is 3.00 bits per heavy atom. The Kier molecular flexibility index (Phi) is 5.56. The summed E-state index contributed by atoms with van der Waals surface area (Å²) in [6.07, 6.45) is 1.35. The molecular formula is C16H23FN2O2. The number of ether oxygens (including phenoxy) is 1. The summed E-state index contributed by atoms with van der Waals surface area (Å²) in [6, 6.07) is 6.82. The molecule has 1 aromatic rings. The number of likely N-dealkylation sites (tertiary alicyclic amines) is 1. The van der Waals surface area contributed by atoms with E-state index in [1.807, 2.05) is 13.1 Å². The normalized spacial score (nSPS) is 22.8. The van der Waals surface area contributed by atoms with Gasteiger partial charge >= 0.3 is 6.09 Å². The molecule has 1 aromatic carbocycles. The summed E-state index contributed by atoms with van der Waals surface area (Å²) in [5.41, 5.74) is 1.00. The zero-order valence-corrected chi connectivity index (χ0v) is 12.6. The number of piperidine rings is 1. The fourth-order valence-electron chi connectivity index (χ4n) is 3.03. The Hall–Kier alpha value is -1.62. The molecule has 2 unspecified atom stereocenters. The van der Waals surface area contributed by atoms with E-state index in [9.17, 15) is 9.18 Å². The highest BCUT2D eigenvalue weighted by molar-refractivity contribution is 5.67. The van der Waals surface area contributed by atoms with Gasteiger partial charge in [-0.2, -0.15) is 0 Å². The molecule has 0 bridgehead atoms. The van der Waals surface area contributed by atoms with Gasteiger partial charge in [-0.25, -0.2) is 9.18 Å². The van der Waals surface area contributed by atoms with E-state index in [4.69, 9.17) is 4.74 Å². The van der Waals surface area contributed by atoms with Crippen LogP contribution in [0.1, 0.15) is 18.9 Å². The number of nitrogens with zero attached hydrogens (tertiary/aromatic N) is 1. The number of benzene rings is 1. The number of amides is 1. The Labute approximate surface area is 125 Å². The van der Waals surface area contributed by atoms with Gasteiger partial charge in [0.05, 0.1) is 6.61 Å². The van der Waals surface area contributed by atoms with E-state index in [-0.39, 0.29) is 18.0 Å². The summed E-state index contributed by atoms with van der Waals surface area (Å²) < 4.78 is 18.2. The molecule has 1 aliphatic heterocycles. The summed E-state index contributed by atoms with van der Waals surface area (Å²) in [4.78, 5) is 13.7. The summed E-state index contributed by atoms with van der Waals surface area (Å²) >= 11 is 0.